The molecule has 11 atom stereocenters. The van der Waals surface area contributed by atoms with E-state index in [1.807, 2.05) is 0 Å². The van der Waals surface area contributed by atoms with Gasteiger partial charge in [0.05, 0.1) is 23.7 Å². The fraction of sp³-hybridized carbons (Fsp3) is 0.867. The van der Waals surface area contributed by atoms with Gasteiger partial charge in [0.1, 0.15) is 5.41 Å². The normalized spacial score (nSPS) is 54.6. The Hall–Kier alpha value is -1.44. The van der Waals surface area contributed by atoms with Gasteiger partial charge in [-0.15, -0.1) is 0 Å². The molecule has 5 aliphatic rings. The summed E-state index contributed by atoms with van der Waals surface area (Å²) in [6.45, 7) is 12.5. The Morgan fingerprint density at radius 3 is 2.08 bits per heavy atom. The van der Waals surface area contributed by atoms with E-state index in [-0.39, 0.29) is 28.6 Å². The molecule has 0 spiro atoms. The Labute approximate surface area is 220 Å². The summed E-state index contributed by atoms with van der Waals surface area (Å²) in [6, 6.07) is 0. The number of aliphatic hydroxyl groups excluding tert-OH is 3. The molecule has 0 aliphatic heterocycles. The molecule has 0 aromatic heterocycles. The van der Waals surface area contributed by atoms with Crippen LogP contribution < -0.4 is 0 Å². The summed E-state index contributed by atoms with van der Waals surface area (Å²) in [5.41, 5.74) is -2.74. The molecule has 0 saturated heterocycles. The predicted octanol–water partition coefficient (Wildman–Crippen LogP) is 4.24. The lowest BCUT2D eigenvalue weighted by Crippen LogP contribution is -2.70. The van der Waals surface area contributed by atoms with Crippen LogP contribution in [0.5, 0.6) is 0 Å². The molecule has 0 aromatic rings. The first kappa shape index (κ1) is 27.1. The van der Waals surface area contributed by atoms with Crippen molar-refractivity contribution >= 4 is 11.9 Å². The number of aliphatic carboxylic acids is 2. The number of carboxylic acid groups (broad SMARTS) is 2. The number of aliphatic hydroxyl groups is 3. The molecular formula is C30H46O7. The topological polar surface area (TPSA) is 135 Å². The second-order valence-corrected chi connectivity index (χ2v) is 15.1. The molecule has 4 fully saturated rings. The molecule has 4 saturated carbocycles. The Kier molecular flexibility index (Phi) is 5.73. The molecule has 0 amide bonds. The van der Waals surface area contributed by atoms with E-state index in [9.17, 15) is 35.1 Å². The number of carboxylic acids is 2. The summed E-state index contributed by atoms with van der Waals surface area (Å²) in [7, 11) is 0. The summed E-state index contributed by atoms with van der Waals surface area (Å²) in [4.78, 5) is 25.4. The quantitative estimate of drug-likeness (QED) is 0.345. The fourth-order valence-corrected chi connectivity index (χ4v) is 10.8. The van der Waals surface area contributed by atoms with Crippen LogP contribution in [0.2, 0.25) is 0 Å². The van der Waals surface area contributed by atoms with Crippen LogP contribution in [0.4, 0.5) is 0 Å². The zero-order chi connectivity index (χ0) is 27.6. The van der Waals surface area contributed by atoms with E-state index in [0.29, 0.717) is 32.1 Å². The Morgan fingerprint density at radius 2 is 1.49 bits per heavy atom. The van der Waals surface area contributed by atoms with Gasteiger partial charge in [-0.05, 0) is 97.7 Å². The van der Waals surface area contributed by atoms with Crippen LogP contribution in [0.1, 0.15) is 92.9 Å². The molecular weight excluding hydrogens is 472 g/mol. The SMILES string of the molecule is CC1(C)CC[C@]2(C(=O)O)[C@@H](O)C[C@]3(C)C(=CC[C@@H]4[C@@]5(C)C[C@H](O)[C@H](O)[C@@](C)(C(=O)O)[C@@H]5CC[C@]43C)[C@@H]2C1. The number of hydrogen-bond acceptors (Lipinski definition) is 5. The minimum Gasteiger partial charge on any atom is -0.481 e. The van der Waals surface area contributed by atoms with Gasteiger partial charge in [0, 0.05) is 0 Å². The average Bonchev–Trinajstić information content (AvgIpc) is 2.77. The lowest BCUT2D eigenvalue weighted by Gasteiger charge is -2.71. The van der Waals surface area contributed by atoms with Crippen LogP contribution in [0.25, 0.3) is 0 Å². The first-order valence-corrected chi connectivity index (χ1v) is 14.1. The second kappa shape index (κ2) is 7.82. The monoisotopic (exact) mass is 518 g/mol. The minimum atomic E-state index is -1.45. The number of carbonyl (C=O) groups is 2. The lowest BCUT2D eigenvalue weighted by molar-refractivity contribution is -0.244. The van der Waals surface area contributed by atoms with Gasteiger partial charge in [-0.1, -0.05) is 46.3 Å². The Balaban J connectivity index is 1.65. The maximum Gasteiger partial charge on any atom is 0.312 e. The molecule has 0 radical (unpaired) electrons. The molecule has 0 bridgehead atoms. The van der Waals surface area contributed by atoms with Crippen LogP contribution in [0, 0.1) is 50.2 Å². The van der Waals surface area contributed by atoms with Crippen molar-refractivity contribution in [3.8, 4) is 0 Å². The van der Waals surface area contributed by atoms with Crippen molar-refractivity contribution in [2.75, 3.05) is 0 Å². The van der Waals surface area contributed by atoms with E-state index in [1.54, 1.807) is 6.92 Å². The summed E-state index contributed by atoms with van der Waals surface area (Å²) in [6.07, 6.45) is 3.53. The van der Waals surface area contributed by atoms with Gasteiger partial charge in [0.15, 0.2) is 0 Å². The summed E-state index contributed by atoms with van der Waals surface area (Å²) in [5.74, 6) is -2.47. The van der Waals surface area contributed by atoms with E-state index >= 15 is 0 Å². The van der Waals surface area contributed by atoms with E-state index in [4.69, 9.17) is 0 Å². The van der Waals surface area contributed by atoms with E-state index < -0.39 is 51.9 Å². The summed E-state index contributed by atoms with van der Waals surface area (Å²) < 4.78 is 0. The minimum absolute atomic E-state index is 0.0171. The van der Waals surface area contributed by atoms with E-state index in [1.165, 1.54) is 5.57 Å². The molecule has 0 unspecified atom stereocenters. The molecule has 0 heterocycles. The van der Waals surface area contributed by atoms with Gasteiger partial charge in [-0.25, -0.2) is 0 Å². The van der Waals surface area contributed by atoms with Gasteiger partial charge < -0.3 is 25.5 Å². The standard InChI is InChI=1S/C30H46O7/c1-25(2)11-12-30(24(36)37)17(13-25)16-7-8-19-26(3)14-18(31)22(33)29(6,23(34)35)20(26)9-10-27(19,4)28(16,5)15-21(30)32/h7,17-22,31-33H,8-15H2,1-6H3,(H,34,35)(H,36,37)/t17-,18-,19+,20+,21-,22-,26+,27+,28+,29-,30+/m0/s1. The lowest BCUT2D eigenvalue weighted by atomic mass is 9.33. The first-order valence-electron chi connectivity index (χ1n) is 14.1. The Morgan fingerprint density at radius 1 is 0.838 bits per heavy atom. The van der Waals surface area contributed by atoms with Gasteiger partial charge in [0.2, 0.25) is 0 Å². The van der Waals surface area contributed by atoms with Crippen molar-refractivity contribution in [2.24, 2.45) is 50.2 Å². The first-order chi connectivity index (χ1) is 16.9. The van der Waals surface area contributed by atoms with Crippen molar-refractivity contribution in [3.05, 3.63) is 11.6 Å². The number of rotatable bonds is 2. The van der Waals surface area contributed by atoms with Gasteiger partial charge >= 0.3 is 11.9 Å². The fourth-order valence-electron chi connectivity index (χ4n) is 10.8. The average molecular weight is 519 g/mol. The third-order valence-electron chi connectivity index (χ3n) is 13.2. The van der Waals surface area contributed by atoms with Crippen molar-refractivity contribution in [3.63, 3.8) is 0 Å². The third-order valence-corrected chi connectivity index (χ3v) is 13.2. The van der Waals surface area contributed by atoms with E-state index in [2.05, 4.69) is 40.7 Å². The number of hydrogen-bond donors (Lipinski definition) is 5. The van der Waals surface area contributed by atoms with Gasteiger partial charge in [-0.3, -0.25) is 9.59 Å². The summed E-state index contributed by atoms with van der Waals surface area (Å²) >= 11 is 0. The van der Waals surface area contributed by atoms with Crippen LogP contribution in [-0.2, 0) is 9.59 Å². The molecule has 5 rings (SSSR count). The maximum atomic E-state index is 12.8. The van der Waals surface area contributed by atoms with Crippen LogP contribution in [-0.4, -0.2) is 55.8 Å². The molecule has 7 heteroatoms. The van der Waals surface area contributed by atoms with Gasteiger partial charge in [-0.2, -0.15) is 0 Å². The summed E-state index contributed by atoms with van der Waals surface area (Å²) in [5, 5.41) is 54.3. The van der Waals surface area contributed by atoms with Crippen LogP contribution in [0.15, 0.2) is 11.6 Å². The van der Waals surface area contributed by atoms with Crippen LogP contribution in [0.3, 0.4) is 0 Å². The number of fused-ring (bicyclic) bond motifs is 7. The molecule has 208 valence electrons. The zero-order valence-corrected chi connectivity index (χ0v) is 23.3. The number of allylic oxidation sites excluding steroid dienone is 2. The second-order valence-electron chi connectivity index (χ2n) is 15.1. The molecule has 7 nitrogen and oxygen atoms in total. The zero-order valence-electron chi connectivity index (χ0n) is 23.3. The molecule has 5 aliphatic carbocycles. The highest BCUT2D eigenvalue weighted by Crippen LogP contribution is 2.75. The van der Waals surface area contributed by atoms with E-state index in [0.717, 1.165) is 19.3 Å². The highest BCUT2D eigenvalue weighted by molar-refractivity contribution is 5.78. The third kappa shape index (κ3) is 3.11. The van der Waals surface area contributed by atoms with Crippen molar-refractivity contribution in [1.29, 1.82) is 0 Å². The Bertz CT molecular complexity index is 1050. The van der Waals surface area contributed by atoms with Crippen molar-refractivity contribution in [2.45, 2.75) is 111 Å². The molecule has 37 heavy (non-hydrogen) atoms. The highest BCUT2D eigenvalue weighted by Gasteiger charge is 2.73. The van der Waals surface area contributed by atoms with Crippen molar-refractivity contribution in [1.82, 2.24) is 0 Å². The van der Waals surface area contributed by atoms with Gasteiger partial charge in [0.25, 0.3) is 0 Å². The van der Waals surface area contributed by atoms with Crippen LogP contribution >= 0.6 is 0 Å². The maximum absolute atomic E-state index is 12.8. The highest BCUT2D eigenvalue weighted by atomic mass is 16.4. The smallest absolute Gasteiger partial charge is 0.312 e. The largest absolute Gasteiger partial charge is 0.481 e. The molecule has 0 aromatic carbocycles. The predicted molar refractivity (Wildman–Crippen MR) is 137 cm³/mol. The molecule has 5 N–H and O–H groups in total. The van der Waals surface area contributed by atoms with Crippen molar-refractivity contribution < 1.29 is 35.1 Å².